The van der Waals surface area contributed by atoms with E-state index >= 15 is 0 Å². The van der Waals surface area contributed by atoms with Crippen molar-refractivity contribution in [3.05, 3.63) is 122 Å². The second-order valence-electron chi connectivity index (χ2n) is 14.2. The van der Waals surface area contributed by atoms with E-state index in [0.717, 1.165) is 23.1 Å². The summed E-state index contributed by atoms with van der Waals surface area (Å²) in [7, 11) is 1.53. The van der Waals surface area contributed by atoms with Crippen molar-refractivity contribution in [3.8, 4) is 5.75 Å². The minimum atomic E-state index is -1.18. The van der Waals surface area contributed by atoms with Gasteiger partial charge in [-0.15, -0.1) is 0 Å². The molecule has 7 rings (SSSR count). The number of ether oxygens (including phenoxy) is 4. The number of hydrogen-bond acceptors (Lipinski definition) is 9. The summed E-state index contributed by atoms with van der Waals surface area (Å²) in [6.07, 6.45) is 0.381. The molecule has 4 aromatic rings. The first-order valence-electron chi connectivity index (χ1n) is 17.6. The number of aliphatic hydroxyl groups excluding tert-OH is 1. The van der Waals surface area contributed by atoms with Gasteiger partial charge in [-0.2, -0.15) is 0 Å². The highest BCUT2D eigenvalue weighted by Gasteiger charge is 2.50. The summed E-state index contributed by atoms with van der Waals surface area (Å²) in [5, 5.41) is 10.9. The highest BCUT2D eigenvalue weighted by atomic mass is 16.6. The fourth-order valence-electron chi connectivity index (χ4n) is 7.29. The van der Waals surface area contributed by atoms with Gasteiger partial charge in [0.15, 0.2) is 12.2 Å². The van der Waals surface area contributed by atoms with Crippen LogP contribution in [0.4, 0.5) is 0 Å². The van der Waals surface area contributed by atoms with Crippen molar-refractivity contribution >= 4 is 22.9 Å². The van der Waals surface area contributed by atoms with Crippen LogP contribution in [-0.4, -0.2) is 42.5 Å². The van der Waals surface area contributed by atoms with Crippen molar-refractivity contribution < 1.29 is 38.1 Å². The minimum Gasteiger partial charge on any atom is -0.483 e. The van der Waals surface area contributed by atoms with Gasteiger partial charge in [-0.3, -0.25) is 4.79 Å². The van der Waals surface area contributed by atoms with Crippen LogP contribution in [-0.2, 0) is 49.7 Å². The van der Waals surface area contributed by atoms with Crippen molar-refractivity contribution in [1.82, 2.24) is 0 Å². The van der Waals surface area contributed by atoms with Crippen molar-refractivity contribution in [1.29, 1.82) is 0 Å². The number of hydrogen-bond donors (Lipinski definition) is 1. The number of benzene rings is 3. The molecular formula is C42H46O9. The second kappa shape index (κ2) is 15.3. The van der Waals surface area contributed by atoms with E-state index in [1.807, 2.05) is 32.0 Å². The molecule has 1 aromatic heterocycles. The maximum absolute atomic E-state index is 14.0. The molecule has 268 valence electrons. The van der Waals surface area contributed by atoms with Crippen LogP contribution in [0.25, 0.3) is 11.0 Å². The van der Waals surface area contributed by atoms with Gasteiger partial charge in [0.25, 0.3) is 0 Å². The van der Waals surface area contributed by atoms with E-state index < -0.39 is 42.0 Å². The molecule has 4 heterocycles. The Morgan fingerprint density at radius 3 is 2.33 bits per heavy atom. The highest BCUT2D eigenvalue weighted by molar-refractivity contribution is 5.90. The monoisotopic (exact) mass is 694 g/mol. The molecule has 9 nitrogen and oxygen atoms in total. The molecule has 3 atom stereocenters. The zero-order chi connectivity index (χ0) is 36.3. The number of carbonyl (C=O) groups is 2. The minimum absolute atomic E-state index is 0.0405. The van der Waals surface area contributed by atoms with Crippen molar-refractivity contribution in [2.75, 3.05) is 13.7 Å². The van der Waals surface area contributed by atoms with E-state index in [2.05, 4.69) is 36.4 Å². The van der Waals surface area contributed by atoms with Crippen LogP contribution in [0.2, 0.25) is 0 Å². The van der Waals surface area contributed by atoms with Gasteiger partial charge in [-0.1, -0.05) is 60.2 Å². The molecule has 0 aliphatic carbocycles. The summed E-state index contributed by atoms with van der Waals surface area (Å²) in [5.41, 5.74) is 4.00. The van der Waals surface area contributed by atoms with Crippen molar-refractivity contribution in [2.24, 2.45) is 0 Å². The van der Waals surface area contributed by atoms with Crippen LogP contribution in [0.15, 0.2) is 87.1 Å². The molecule has 0 amide bonds. The molecule has 2 bridgehead atoms. The number of fused-ring (bicyclic) bond motifs is 13. The Balaban J connectivity index is 1.47. The molecule has 0 spiro atoms. The normalized spacial score (nSPS) is 20.6. The quantitative estimate of drug-likeness (QED) is 0.127. The Morgan fingerprint density at radius 2 is 1.65 bits per heavy atom. The summed E-state index contributed by atoms with van der Waals surface area (Å²) < 4.78 is 30.3. The van der Waals surface area contributed by atoms with Gasteiger partial charge < -0.3 is 28.5 Å². The van der Waals surface area contributed by atoms with Gasteiger partial charge >= 0.3 is 17.6 Å². The molecule has 0 radical (unpaired) electrons. The van der Waals surface area contributed by atoms with Gasteiger partial charge in [0, 0.05) is 36.5 Å². The summed E-state index contributed by atoms with van der Waals surface area (Å²) in [6, 6.07) is 22.0. The predicted octanol–water partition coefficient (Wildman–Crippen LogP) is 7.23. The Bertz CT molecular complexity index is 1990. The zero-order valence-corrected chi connectivity index (χ0v) is 30.0. The van der Waals surface area contributed by atoms with Crippen molar-refractivity contribution in [2.45, 2.75) is 96.6 Å². The van der Waals surface area contributed by atoms with Gasteiger partial charge in [0.05, 0.1) is 18.8 Å². The number of esters is 2. The van der Waals surface area contributed by atoms with Crippen LogP contribution in [0.3, 0.4) is 0 Å². The fourth-order valence-corrected chi connectivity index (χ4v) is 7.29. The van der Waals surface area contributed by atoms with Crippen LogP contribution in [0.5, 0.6) is 5.75 Å². The highest BCUT2D eigenvalue weighted by Crippen LogP contribution is 2.47. The first-order chi connectivity index (χ1) is 24.5. The average Bonchev–Trinajstić information content (AvgIpc) is 3.10. The Labute approximate surface area is 298 Å². The molecule has 0 saturated carbocycles. The van der Waals surface area contributed by atoms with Gasteiger partial charge in [0.1, 0.15) is 16.9 Å². The van der Waals surface area contributed by atoms with Crippen LogP contribution >= 0.6 is 0 Å². The maximum Gasteiger partial charge on any atom is 0.339 e. The third-order valence-electron chi connectivity index (χ3n) is 10.1. The van der Waals surface area contributed by atoms with Gasteiger partial charge in [-0.25, -0.2) is 9.59 Å². The third kappa shape index (κ3) is 7.65. The lowest BCUT2D eigenvalue weighted by molar-refractivity contribution is -0.188. The number of rotatable bonds is 6. The number of aliphatic hydroxyl groups is 1. The lowest BCUT2D eigenvalue weighted by Gasteiger charge is -2.43. The summed E-state index contributed by atoms with van der Waals surface area (Å²) >= 11 is 0. The molecule has 51 heavy (non-hydrogen) atoms. The molecular weight excluding hydrogens is 648 g/mol. The number of methoxy groups -OCH3 is 1. The summed E-state index contributed by atoms with van der Waals surface area (Å²) in [5.74, 6) is -0.661. The zero-order valence-electron chi connectivity index (χ0n) is 30.0. The summed E-state index contributed by atoms with van der Waals surface area (Å²) in [4.78, 5) is 41.4. The van der Waals surface area contributed by atoms with Gasteiger partial charge in [-0.05, 0) is 93.7 Å². The van der Waals surface area contributed by atoms with Crippen LogP contribution in [0, 0.1) is 0 Å². The molecule has 1 N–H and O–H groups in total. The van der Waals surface area contributed by atoms with E-state index in [9.17, 15) is 19.5 Å². The van der Waals surface area contributed by atoms with E-state index in [4.69, 9.17) is 23.4 Å². The average molecular weight is 695 g/mol. The van der Waals surface area contributed by atoms with Crippen molar-refractivity contribution in [3.63, 3.8) is 0 Å². The smallest absolute Gasteiger partial charge is 0.339 e. The molecule has 9 heteroatoms. The SMILES string of the molecule is COCCc1c(CO)c2ccc3c(c2oc1=O)[C@@H]1OC(=O)CC[C@@H](Cc2ccccc2)c2ccc(cc2)CCC(=C(C)C)C(=O)O[C@@H]1C(C)(C)O3. The topological polar surface area (TPSA) is 122 Å². The molecule has 0 unspecified atom stereocenters. The Morgan fingerprint density at radius 1 is 0.902 bits per heavy atom. The largest absolute Gasteiger partial charge is 0.483 e. The number of aryl methyl sites for hydroxylation is 1. The van der Waals surface area contributed by atoms with Gasteiger partial charge in [0.2, 0.25) is 0 Å². The van der Waals surface area contributed by atoms with E-state index in [1.54, 1.807) is 26.0 Å². The Kier molecular flexibility index (Phi) is 10.8. The van der Waals surface area contributed by atoms with Crippen LogP contribution in [0.1, 0.15) is 92.4 Å². The van der Waals surface area contributed by atoms with Crippen LogP contribution < -0.4 is 10.4 Å². The van der Waals surface area contributed by atoms with E-state index in [0.29, 0.717) is 47.1 Å². The number of carbonyl (C=O) groups excluding carboxylic acids is 2. The lowest BCUT2D eigenvalue weighted by Crippen LogP contribution is -2.52. The lowest BCUT2D eigenvalue weighted by atomic mass is 9.85. The number of allylic oxidation sites excluding steroid dienone is 1. The Hall–Kier alpha value is -4.73. The standard InChI is InChI=1S/C42H46O9/c1-25(2)30-17-13-26-11-14-28(15-12-26)29(23-27-9-7-6-8-10-27)16-20-35(44)48-38-36-34(51-42(3,4)39(38)50-40(30)45)19-18-31-33(24-43)32(21-22-47-5)41(46)49-37(31)36/h6-12,14-15,18-19,29,38-39,43H,13,16-17,20-24H2,1-5H3/t29-,38-,39-/m0/s1. The molecule has 3 aliphatic heterocycles. The van der Waals surface area contributed by atoms with E-state index in [1.165, 1.54) is 12.7 Å². The first-order valence-corrected chi connectivity index (χ1v) is 17.6. The molecule has 3 aliphatic rings. The predicted molar refractivity (Wildman–Crippen MR) is 193 cm³/mol. The van der Waals surface area contributed by atoms with E-state index in [-0.39, 0.29) is 36.5 Å². The first kappa shape index (κ1) is 36.1. The molecule has 3 aromatic carbocycles. The molecule has 0 saturated heterocycles. The summed E-state index contributed by atoms with van der Waals surface area (Å²) in [6.45, 7) is 7.13. The third-order valence-corrected chi connectivity index (χ3v) is 10.1. The maximum atomic E-state index is 14.0. The fraction of sp³-hybridized carbons (Fsp3) is 0.405. The molecule has 0 fully saturated rings. The second-order valence-corrected chi connectivity index (χ2v) is 14.2.